The van der Waals surface area contributed by atoms with E-state index in [0.717, 1.165) is 21.3 Å². The molecule has 3 aliphatic heterocycles. The van der Waals surface area contributed by atoms with Gasteiger partial charge in [0.05, 0.1) is 0 Å². The average Bonchev–Trinajstić information content (AvgIpc) is 3.09. The first-order valence-corrected chi connectivity index (χ1v) is 9.55. The van der Waals surface area contributed by atoms with Crippen LogP contribution in [0.15, 0.2) is 39.0 Å². The number of benzene rings is 1. The van der Waals surface area contributed by atoms with Crippen LogP contribution in [0.2, 0.25) is 0 Å². The Morgan fingerprint density at radius 3 is 2.65 bits per heavy atom. The number of piperidine rings is 3. The van der Waals surface area contributed by atoms with E-state index in [4.69, 9.17) is 0 Å². The molecule has 0 radical (unpaired) electrons. The average molecular weight is 346 g/mol. The SMILES string of the molecule is O=C(N[C@H]1CN2CCC1CC2)c1ccc(Sc2nncs2)cc1. The first kappa shape index (κ1) is 15.1. The lowest BCUT2D eigenvalue weighted by Crippen LogP contribution is -2.57. The maximum atomic E-state index is 12.5. The maximum absolute atomic E-state index is 12.5. The molecule has 1 atom stereocenters. The lowest BCUT2D eigenvalue weighted by molar-refractivity contribution is 0.0620. The summed E-state index contributed by atoms with van der Waals surface area (Å²) in [5.74, 6) is 0.687. The van der Waals surface area contributed by atoms with Gasteiger partial charge in [0.25, 0.3) is 5.91 Å². The Morgan fingerprint density at radius 2 is 2.04 bits per heavy atom. The number of nitrogens with one attached hydrogen (secondary N) is 1. The molecule has 0 spiro atoms. The van der Waals surface area contributed by atoms with Crippen molar-refractivity contribution < 1.29 is 4.79 Å². The summed E-state index contributed by atoms with van der Waals surface area (Å²) in [5.41, 5.74) is 2.45. The zero-order valence-corrected chi connectivity index (χ0v) is 14.3. The predicted octanol–water partition coefficient (Wildman–Crippen LogP) is 2.51. The van der Waals surface area contributed by atoms with E-state index in [1.807, 2.05) is 24.3 Å². The fraction of sp³-hybridized carbons (Fsp3) is 0.438. The fourth-order valence-electron chi connectivity index (χ4n) is 3.36. The molecule has 2 bridgehead atoms. The molecule has 5 nitrogen and oxygen atoms in total. The van der Waals surface area contributed by atoms with Gasteiger partial charge >= 0.3 is 0 Å². The molecule has 0 aliphatic carbocycles. The fourth-order valence-corrected chi connectivity index (χ4v) is 4.81. The van der Waals surface area contributed by atoms with E-state index in [1.165, 1.54) is 37.3 Å². The molecule has 120 valence electrons. The van der Waals surface area contributed by atoms with Crippen molar-refractivity contribution in [3.63, 3.8) is 0 Å². The first-order valence-electron chi connectivity index (χ1n) is 7.85. The van der Waals surface area contributed by atoms with Crippen molar-refractivity contribution in [3.05, 3.63) is 35.3 Å². The van der Waals surface area contributed by atoms with Crippen molar-refractivity contribution in [1.29, 1.82) is 0 Å². The zero-order valence-electron chi connectivity index (χ0n) is 12.6. The van der Waals surface area contributed by atoms with Crippen LogP contribution in [0.5, 0.6) is 0 Å². The monoisotopic (exact) mass is 346 g/mol. The molecule has 23 heavy (non-hydrogen) atoms. The minimum absolute atomic E-state index is 0.0382. The van der Waals surface area contributed by atoms with Gasteiger partial charge in [0.1, 0.15) is 5.51 Å². The second-order valence-corrected chi connectivity index (χ2v) is 8.20. The van der Waals surface area contributed by atoms with E-state index in [9.17, 15) is 4.79 Å². The summed E-state index contributed by atoms with van der Waals surface area (Å²) in [6, 6.07) is 8.02. The molecule has 1 aromatic heterocycles. The third kappa shape index (κ3) is 3.41. The smallest absolute Gasteiger partial charge is 0.251 e. The number of carbonyl (C=O) groups excluding carboxylic acids is 1. The van der Waals surface area contributed by atoms with Gasteiger partial charge in [0, 0.05) is 23.0 Å². The van der Waals surface area contributed by atoms with Crippen molar-refractivity contribution in [2.24, 2.45) is 5.92 Å². The van der Waals surface area contributed by atoms with E-state index < -0.39 is 0 Å². The molecular formula is C16H18N4OS2. The van der Waals surface area contributed by atoms with Gasteiger partial charge in [-0.15, -0.1) is 10.2 Å². The summed E-state index contributed by atoms with van der Waals surface area (Å²) in [5, 5.41) is 11.1. The Bertz CT molecular complexity index is 666. The molecule has 2 aromatic rings. The van der Waals surface area contributed by atoms with Gasteiger partial charge in [-0.2, -0.15) is 0 Å². The Morgan fingerprint density at radius 1 is 1.26 bits per heavy atom. The number of aromatic nitrogens is 2. The van der Waals surface area contributed by atoms with Crippen LogP contribution in [0.4, 0.5) is 0 Å². The van der Waals surface area contributed by atoms with Gasteiger partial charge in [0.15, 0.2) is 4.34 Å². The van der Waals surface area contributed by atoms with Crippen molar-refractivity contribution in [2.75, 3.05) is 19.6 Å². The summed E-state index contributed by atoms with van der Waals surface area (Å²) in [6.07, 6.45) is 2.42. The highest BCUT2D eigenvalue weighted by molar-refractivity contribution is 8.01. The van der Waals surface area contributed by atoms with Crippen LogP contribution in [-0.2, 0) is 0 Å². The van der Waals surface area contributed by atoms with Crippen LogP contribution in [0.3, 0.4) is 0 Å². The largest absolute Gasteiger partial charge is 0.348 e. The van der Waals surface area contributed by atoms with Crippen LogP contribution in [-0.4, -0.2) is 46.7 Å². The number of carbonyl (C=O) groups is 1. The standard InChI is InChI=1S/C16H18N4OS2/c21-15(18-14-9-20-7-5-11(14)6-8-20)12-1-3-13(4-2-12)23-16-19-17-10-22-16/h1-4,10-11,14H,5-9H2,(H,18,21)/t14-/m0/s1. The Hall–Kier alpha value is -1.44. The van der Waals surface area contributed by atoms with Gasteiger partial charge in [-0.05, 0) is 56.1 Å². The molecule has 1 N–H and O–H groups in total. The van der Waals surface area contributed by atoms with Crippen molar-refractivity contribution in [3.8, 4) is 0 Å². The molecule has 7 heteroatoms. The maximum Gasteiger partial charge on any atom is 0.251 e. The van der Waals surface area contributed by atoms with E-state index in [2.05, 4.69) is 20.4 Å². The highest BCUT2D eigenvalue weighted by Gasteiger charge is 2.34. The van der Waals surface area contributed by atoms with Crippen molar-refractivity contribution >= 4 is 29.0 Å². The summed E-state index contributed by atoms with van der Waals surface area (Å²) >= 11 is 3.08. The second-order valence-electron chi connectivity index (χ2n) is 6.05. The van der Waals surface area contributed by atoms with E-state index in [-0.39, 0.29) is 5.91 Å². The lowest BCUT2D eigenvalue weighted by Gasteiger charge is -2.44. The van der Waals surface area contributed by atoms with E-state index in [0.29, 0.717) is 12.0 Å². The van der Waals surface area contributed by atoms with Gasteiger partial charge in [-0.3, -0.25) is 4.79 Å². The summed E-state index contributed by atoms with van der Waals surface area (Å²) in [6.45, 7) is 3.38. The highest BCUT2D eigenvalue weighted by atomic mass is 32.2. The zero-order chi connectivity index (χ0) is 15.6. The van der Waals surface area contributed by atoms with Crippen LogP contribution in [0.1, 0.15) is 23.2 Å². The molecule has 5 rings (SSSR count). The molecule has 3 fully saturated rings. The minimum Gasteiger partial charge on any atom is -0.348 e. The normalized spacial score (nSPS) is 26.2. The van der Waals surface area contributed by atoms with E-state index in [1.54, 1.807) is 17.3 Å². The minimum atomic E-state index is 0.0382. The third-order valence-corrected chi connectivity index (χ3v) is 6.42. The van der Waals surface area contributed by atoms with Crippen LogP contribution >= 0.6 is 23.1 Å². The van der Waals surface area contributed by atoms with Crippen molar-refractivity contribution in [2.45, 2.75) is 28.1 Å². The molecule has 3 aliphatic rings. The molecule has 1 aromatic carbocycles. The summed E-state index contributed by atoms with van der Waals surface area (Å²) < 4.78 is 0.912. The van der Waals surface area contributed by atoms with Gasteiger partial charge in [-0.1, -0.05) is 23.1 Å². The Labute approximate surface area is 143 Å². The number of amides is 1. The Balaban J connectivity index is 1.38. The second kappa shape index (κ2) is 6.59. The Kier molecular flexibility index (Phi) is 4.33. The molecule has 1 amide bonds. The predicted molar refractivity (Wildman–Crippen MR) is 90.9 cm³/mol. The van der Waals surface area contributed by atoms with Gasteiger partial charge < -0.3 is 10.2 Å². The molecule has 4 heterocycles. The van der Waals surface area contributed by atoms with Gasteiger partial charge in [-0.25, -0.2) is 0 Å². The first-order chi connectivity index (χ1) is 11.3. The number of rotatable bonds is 4. The van der Waals surface area contributed by atoms with Crippen LogP contribution < -0.4 is 5.32 Å². The molecule has 0 unspecified atom stereocenters. The molecular weight excluding hydrogens is 328 g/mol. The third-order valence-electron chi connectivity index (χ3n) is 4.63. The quantitative estimate of drug-likeness (QED) is 0.922. The van der Waals surface area contributed by atoms with Crippen LogP contribution in [0.25, 0.3) is 0 Å². The lowest BCUT2D eigenvalue weighted by atomic mass is 9.84. The number of fused-ring (bicyclic) bond motifs is 3. The molecule has 3 saturated heterocycles. The summed E-state index contributed by atoms with van der Waals surface area (Å²) in [7, 11) is 0. The van der Waals surface area contributed by atoms with Crippen LogP contribution in [0, 0.1) is 5.92 Å². The topological polar surface area (TPSA) is 58.1 Å². The molecule has 0 saturated carbocycles. The van der Waals surface area contributed by atoms with Gasteiger partial charge in [0.2, 0.25) is 0 Å². The number of hydrogen-bond acceptors (Lipinski definition) is 6. The number of hydrogen-bond donors (Lipinski definition) is 1. The van der Waals surface area contributed by atoms with E-state index >= 15 is 0 Å². The highest BCUT2D eigenvalue weighted by Crippen LogP contribution is 2.29. The summed E-state index contributed by atoms with van der Waals surface area (Å²) in [4.78, 5) is 16.0. The number of nitrogens with zero attached hydrogens (tertiary/aromatic N) is 3. The van der Waals surface area contributed by atoms with Crippen molar-refractivity contribution in [1.82, 2.24) is 20.4 Å².